The van der Waals surface area contributed by atoms with Crippen molar-refractivity contribution >= 4 is 34.0 Å². The number of carbonyl (C=O) groups is 2. The Kier molecular flexibility index (Phi) is 7.60. The van der Waals surface area contributed by atoms with Gasteiger partial charge in [-0.05, 0) is 31.0 Å². The van der Waals surface area contributed by atoms with Crippen molar-refractivity contribution in [1.82, 2.24) is 9.88 Å². The van der Waals surface area contributed by atoms with Crippen LogP contribution in [0.15, 0.2) is 29.6 Å². The van der Waals surface area contributed by atoms with Crippen molar-refractivity contribution in [3.05, 3.63) is 40.9 Å². The lowest BCUT2D eigenvalue weighted by Crippen LogP contribution is -2.48. The molecule has 0 saturated carbocycles. The zero-order valence-corrected chi connectivity index (χ0v) is 17.8. The standard InChI is InChI=1S/C21H28N4O3S/c1-3-16-6-5-7-18(12-16)25-10-8-24(9-11-25)14-19(26)23-21-22-17(15-29-21)13-20(27)28-4-2/h5-7,12,15H,3-4,8-11,13-14H2,1-2H3,(H,22,23,26). The third-order valence-corrected chi connectivity index (χ3v) is 5.66. The van der Waals surface area contributed by atoms with E-state index < -0.39 is 0 Å². The number of aromatic nitrogens is 1. The van der Waals surface area contributed by atoms with Gasteiger partial charge in [0.25, 0.3) is 0 Å². The summed E-state index contributed by atoms with van der Waals surface area (Å²) in [5.41, 5.74) is 3.21. The minimum absolute atomic E-state index is 0.0801. The summed E-state index contributed by atoms with van der Waals surface area (Å²) < 4.78 is 4.92. The lowest BCUT2D eigenvalue weighted by atomic mass is 10.1. The molecule has 2 heterocycles. The Morgan fingerprint density at radius 2 is 2.00 bits per heavy atom. The van der Waals surface area contributed by atoms with Crippen LogP contribution in [-0.2, 0) is 27.2 Å². The number of anilines is 2. The molecule has 0 bridgehead atoms. The molecule has 1 N–H and O–H groups in total. The fourth-order valence-electron chi connectivity index (χ4n) is 3.30. The number of ether oxygens (including phenoxy) is 1. The van der Waals surface area contributed by atoms with Gasteiger partial charge in [0.05, 0.1) is 25.3 Å². The van der Waals surface area contributed by atoms with Crippen LogP contribution in [0, 0.1) is 0 Å². The summed E-state index contributed by atoms with van der Waals surface area (Å²) in [6, 6.07) is 8.66. The zero-order chi connectivity index (χ0) is 20.6. The number of carbonyl (C=O) groups excluding carboxylic acids is 2. The van der Waals surface area contributed by atoms with Gasteiger partial charge >= 0.3 is 5.97 Å². The van der Waals surface area contributed by atoms with E-state index in [4.69, 9.17) is 4.74 Å². The Morgan fingerprint density at radius 3 is 2.72 bits per heavy atom. The predicted molar refractivity (Wildman–Crippen MR) is 116 cm³/mol. The second-order valence-electron chi connectivity index (χ2n) is 6.96. The predicted octanol–water partition coefficient (Wildman–Crippen LogP) is 2.57. The Morgan fingerprint density at radius 1 is 1.21 bits per heavy atom. The fraction of sp³-hybridized carbons (Fsp3) is 0.476. The van der Waals surface area contributed by atoms with Gasteiger partial charge in [-0.2, -0.15) is 0 Å². The highest BCUT2D eigenvalue weighted by Crippen LogP contribution is 2.19. The van der Waals surface area contributed by atoms with E-state index in [0.29, 0.717) is 24.0 Å². The van der Waals surface area contributed by atoms with Gasteiger partial charge in [-0.25, -0.2) is 4.98 Å². The Labute approximate surface area is 175 Å². The van der Waals surface area contributed by atoms with Crippen LogP contribution < -0.4 is 10.2 Å². The molecule has 1 saturated heterocycles. The van der Waals surface area contributed by atoms with Crippen LogP contribution in [-0.4, -0.2) is 61.1 Å². The number of hydrogen-bond donors (Lipinski definition) is 1. The van der Waals surface area contributed by atoms with Gasteiger partial charge in [0.1, 0.15) is 0 Å². The Bertz CT molecular complexity index is 831. The maximum atomic E-state index is 12.4. The molecule has 1 fully saturated rings. The monoisotopic (exact) mass is 416 g/mol. The highest BCUT2D eigenvalue weighted by atomic mass is 32.1. The van der Waals surface area contributed by atoms with E-state index in [-0.39, 0.29) is 18.3 Å². The number of aryl methyl sites for hydroxylation is 1. The molecule has 8 heteroatoms. The average molecular weight is 417 g/mol. The van der Waals surface area contributed by atoms with Crippen molar-refractivity contribution in [2.75, 3.05) is 49.5 Å². The van der Waals surface area contributed by atoms with Crippen LogP contribution in [0.4, 0.5) is 10.8 Å². The largest absolute Gasteiger partial charge is 0.466 e. The van der Waals surface area contributed by atoms with Crippen LogP contribution >= 0.6 is 11.3 Å². The molecule has 3 rings (SSSR count). The zero-order valence-electron chi connectivity index (χ0n) is 17.0. The number of nitrogens with zero attached hydrogens (tertiary/aromatic N) is 3. The van der Waals surface area contributed by atoms with Gasteiger partial charge in [-0.3, -0.25) is 14.5 Å². The lowest BCUT2D eigenvalue weighted by molar-refractivity contribution is -0.142. The number of hydrogen-bond acceptors (Lipinski definition) is 7. The smallest absolute Gasteiger partial charge is 0.311 e. The first-order chi connectivity index (χ1) is 14.1. The number of amides is 1. The molecule has 1 aromatic carbocycles. The summed E-state index contributed by atoms with van der Waals surface area (Å²) in [7, 11) is 0. The van der Waals surface area contributed by atoms with Crippen molar-refractivity contribution in [3.63, 3.8) is 0 Å². The number of rotatable bonds is 8. The first kappa shape index (κ1) is 21.3. The van der Waals surface area contributed by atoms with E-state index in [0.717, 1.165) is 32.6 Å². The van der Waals surface area contributed by atoms with E-state index >= 15 is 0 Å². The number of benzene rings is 1. The Hall–Kier alpha value is -2.45. The van der Waals surface area contributed by atoms with Crippen molar-refractivity contribution in [2.45, 2.75) is 26.7 Å². The van der Waals surface area contributed by atoms with E-state index in [1.807, 2.05) is 0 Å². The fourth-order valence-corrected chi connectivity index (χ4v) is 4.03. The Balaban J connectivity index is 1.44. The SMILES string of the molecule is CCOC(=O)Cc1csc(NC(=O)CN2CCN(c3cccc(CC)c3)CC2)n1. The molecule has 1 aromatic heterocycles. The van der Waals surface area contributed by atoms with Crippen LogP contribution in [0.2, 0.25) is 0 Å². The van der Waals surface area contributed by atoms with Crippen LogP contribution in [0.1, 0.15) is 25.1 Å². The molecule has 7 nitrogen and oxygen atoms in total. The number of esters is 1. The quantitative estimate of drug-likeness (QED) is 0.667. The number of nitrogens with one attached hydrogen (secondary N) is 1. The van der Waals surface area contributed by atoms with Gasteiger partial charge < -0.3 is 15.0 Å². The summed E-state index contributed by atoms with van der Waals surface area (Å²) in [6.07, 6.45) is 1.16. The van der Waals surface area contributed by atoms with Gasteiger partial charge in [0.2, 0.25) is 5.91 Å². The third-order valence-electron chi connectivity index (χ3n) is 4.85. The van der Waals surface area contributed by atoms with Gasteiger partial charge in [0.15, 0.2) is 5.13 Å². The minimum Gasteiger partial charge on any atom is -0.466 e. The maximum absolute atomic E-state index is 12.4. The molecule has 0 atom stereocenters. The van der Waals surface area contributed by atoms with Crippen molar-refractivity contribution in [1.29, 1.82) is 0 Å². The van der Waals surface area contributed by atoms with Crippen LogP contribution in [0.5, 0.6) is 0 Å². The maximum Gasteiger partial charge on any atom is 0.311 e. The van der Waals surface area contributed by atoms with Crippen molar-refractivity contribution < 1.29 is 14.3 Å². The normalized spacial score (nSPS) is 14.6. The third kappa shape index (κ3) is 6.27. The lowest BCUT2D eigenvalue weighted by Gasteiger charge is -2.35. The number of thiazole rings is 1. The molecule has 1 amide bonds. The minimum atomic E-state index is -0.307. The van der Waals surface area contributed by atoms with Crippen LogP contribution in [0.3, 0.4) is 0 Å². The van der Waals surface area contributed by atoms with E-state index in [2.05, 4.69) is 51.3 Å². The van der Waals surface area contributed by atoms with Gasteiger partial charge in [-0.1, -0.05) is 19.1 Å². The molecule has 0 radical (unpaired) electrons. The summed E-state index contributed by atoms with van der Waals surface area (Å²) in [5.74, 6) is -0.388. The molecule has 29 heavy (non-hydrogen) atoms. The molecule has 0 aliphatic carbocycles. The first-order valence-electron chi connectivity index (χ1n) is 10.0. The molecule has 2 aromatic rings. The highest BCUT2D eigenvalue weighted by Gasteiger charge is 2.20. The molecule has 0 unspecified atom stereocenters. The van der Waals surface area contributed by atoms with E-state index in [1.165, 1.54) is 22.6 Å². The van der Waals surface area contributed by atoms with Crippen molar-refractivity contribution in [3.8, 4) is 0 Å². The van der Waals surface area contributed by atoms with E-state index in [1.54, 1.807) is 12.3 Å². The molecule has 0 spiro atoms. The molecular weight excluding hydrogens is 388 g/mol. The average Bonchev–Trinajstić information content (AvgIpc) is 3.15. The summed E-state index contributed by atoms with van der Waals surface area (Å²) in [6.45, 7) is 8.12. The second-order valence-corrected chi connectivity index (χ2v) is 7.82. The second kappa shape index (κ2) is 10.4. The topological polar surface area (TPSA) is 74.8 Å². The van der Waals surface area contributed by atoms with Gasteiger partial charge in [0, 0.05) is 37.2 Å². The molecular formula is C21H28N4O3S. The number of piperazine rings is 1. The first-order valence-corrected chi connectivity index (χ1v) is 10.9. The molecule has 1 aliphatic rings. The molecule has 1 aliphatic heterocycles. The van der Waals surface area contributed by atoms with E-state index in [9.17, 15) is 9.59 Å². The van der Waals surface area contributed by atoms with Crippen molar-refractivity contribution in [2.24, 2.45) is 0 Å². The van der Waals surface area contributed by atoms with Gasteiger partial charge in [-0.15, -0.1) is 11.3 Å². The summed E-state index contributed by atoms with van der Waals surface area (Å²) >= 11 is 1.32. The highest BCUT2D eigenvalue weighted by molar-refractivity contribution is 7.13. The van der Waals surface area contributed by atoms with Crippen LogP contribution in [0.25, 0.3) is 0 Å². The molecule has 156 valence electrons. The summed E-state index contributed by atoms with van der Waals surface area (Å²) in [5, 5.41) is 5.13. The summed E-state index contributed by atoms with van der Waals surface area (Å²) in [4.78, 5) is 32.7.